The highest BCUT2D eigenvalue weighted by molar-refractivity contribution is 6.44. The fourth-order valence-corrected chi connectivity index (χ4v) is 0.208. The van der Waals surface area contributed by atoms with Crippen molar-refractivity contribution in [3.05, 3.63) is 5.03 Å². The highest BCUT2D eigenvalue weighted by Gasteiger charge is 2.04. The Balaban J connectivity index is 4.04. The maximum atomic E-state index is 10.1. The summed E-state index contributed by atoms with van der Waals surface area (Å²) in [6.45, 7) is 0. The monoisotopic (exact) mass is 134 g/mol. The fourth-order valence-electron chi connectivity index (χ4n) is 0.131. The molecule has 0 fully saturated rings. The summed E-state index contributed by atoms with van der Waals surface area (Å²) in [5.41, 5.74) is 0. The van der Waals surface area contributed by atoms with Crippen LogP contribution in [0.3, 0.4) is 0 Å². The normalized spacial score (nSPS) is 7.25. The Morgan fingerprint density at radius 2 is 2.25 bits per heavy atom. The minimum Gasteiger partial charge on any atom is -0.464 e. The van der Waals surface area contributed by atoms with Gasteiger partial charge in [0.05, 0.1) is 7.11 Å². The van der Waals surface area contributed by atoms with Crippen molar-refractivity contribution in [3.63, 3.8) is 0 Å². The summed E-state index contributed by atoms with van der Waals surface area (Å²) in [6, 6.07) is 0. The molecular formula is C4H3ClO3. The Bertz CT molecular complexity index is 145. The van der Waals surface area contributed by atoms with E-state index in [4.69, 9.17) is 11.6 Å². The van der Waals surface area contributed by atoms with Gasteiger partial charge in [0, 0.05) is 0 Å². The molecule has 0 unspecified atom stereocenters. The molecule has 0 saturated carbocycles. The van der Waals surface area contributed by atoms with Crippen molar-refractivity contribution in [2.45, 2.75) is 0 Å². The van der Waals surface area contributed by atoms with Crippen LogP contribution in [0.15, 0.2) is 5.03 Å². The number of rotatable bonds is 1. The van der Waals surface area contributed by atoms with E-state index in [2.05, 4.69) is 4.74 Å². The van der Waals surface area contributed by atoms with E-state index in [-0.39, 0.29) is 0 Å². The van der Waals surface area contributed by atoms with Crippen LogP contribution in [0.25, 0.3) is 0 Å². The smallest absolute Gasteiger partial charge is 0.360 e. The van der Waals surface area contributed by atoms with Crippen molar-refractivity contribution in [3.8, 4) is 0 Å². The second kappa shape index (κ2) is 3.24. The standard InChI is InChI=1S/C4H3ClO3/c1-8-4(7)3(5)2-6/h1H3. The first-order valence-corrected chi connectivity index (χ1v) is 2.09. The summed E-state index contributed by atoms with van der Waals surface area (Å²) in [7, 11) is 1.13. The third-order valence-electron chi connectivity index (χ3n) is 0.454. The van der Waals surface area contributed by atoms with Crippen LogP contribution in [-0.2, 0) is 14.3 Å². The lowest BCUT2D eigenvalue weighted by atomic mass is 10.6. The SMILES string of the molecule is COC(=O)C(Cl)=C=O. The third-order valence-corrected chi connectivity index (χ3v) is 0.686. The van der Waals surface area contributed by atoms with E-state index < -0.39 is 11.0 Å². The van der Waals surface area contributed by atoms with Gasteiger partial charge in [0.15, 0.2) is 5.94 Å². The summed E-state index contributed by atoms with van der Waals surface area (Å²) in [4.78, 5) is 19.6. The molecule has 0 N–H and O–H groups in total. The largest absolute Gasteiger partial charge is 0.464 e. The van der Waals surface area contributed by atoms with Gasteiger partial charge in [-0.25, -0.2) is 9.59 Å². The molecule has 3 nitrogen and oxygen atoms in total. The van der Waals surface area contributed by atoms with Crippen molar-refractivity contribution < 1.29 is 14.3 Å². The number of hydrogen-bond acceptors (Lipinski definition) is 3. The van der Waals surface area contributed by atoms with Crippen molar-refractivity contribution in [1.82, 2.24) is 0 Å². The zero-order valence-electron chi connectivity index (χ0n) is 4.10. The van der Waals surface area contributed by atoms with E-state index in [1.807, 2.05) is 0 Å². The second-order valence-corrected chi connectivity index (χ2v) is 1.29. The molecule has 0 aromatic heterocycles. The van der Waals surface area contributed by atoms with E-state index in [0.29, 0.717) is 0 Å². The molecule has 0 amide bonds. The van der Waals surface area contributed by atoms with Gasteiger partial charge in [0.2, 0.25) is 5.03 Å². The van der Waals surface area contributed by atoms with Crippen LogP contribution in [0.2, 0.25) is 0 Å². The van der Waals surface area contributed by atoms with Gasteiger partial charge in [-0.15, -0.1) is 0 Å². The van der Waals surface area contributed by atoms with Gasteiger partial charge >= 0.3 is 5.97 Å². The van der Waals surface area contributed by atoms with Gasteiger partial charge in [-0.3, -0.25) is 0 Å². The molecule has 0 aliphatic rings. The van der Waals surface area contributed by atoms with Crippen LogP contribution in [0.4, 0.5) is 0 Å². The number of methoxy groups -OCH3 is 1. The molecule has 0 rings (SSSR count). The lowest BCUT2D eigenvalue weighted by molar-refractivity contribution is -0.135. The molecule has 0 aromatic rings. The maximum Gasteiger partial charge on any atom is 0.360 e. The molecule has 0 aliphatic carbocycles. The van der Waals surface area contributed by atoms with E-state index in [0.717, 1.165) is 7.11 Å². The van der Waals surface area contributed by atoms with Crippen LogP contribution in [0, 0.1) is 0 Å². The first kappa shape index (κ1) is 7.21. The second-order valence-electron chi connectivity index (χ2n) is 0.908. The topological polar surface area (TPSA) is 43.4 Å². The van der Waals surface area contributed by atoms with E-state index >= 15 is 0 Å². The highest BCUT2D eigenvalue weighted by Crippen LogP contribution is 1.95. The van der Waals surface area contributed by atoms with Crippen molar-refractivity contribution in [2.24, 2.45) is 0 Å². The molecule has 0 heterocycles. The molecule has 0 radical (unpaired) electrons. The van der Waals surface area contributed by atoms with Gasteiger partial charge in [-0.2, -0.15) is 0 Å². The minimum absolute atomic E-state index is 0.562. The van der Waals surface area contributed by atoms with E-state index in [1.165, 1.54) is 5.94 Å². The summed E-state index contributed by atoms with van der Waals surface area (Å²) in [6.07, 6.45) is 0. The summed E-state index contributed by atoms with van der Waals surface area (Å²) in [5.74, 6) is 0.314. The molecule has 0 aliphatic heterocycles. The Kier molecular flexibility index (Phi) is 2.92. The number of halogens is 1. The van der Waals surface area contributed by atoms with Crippen molar-refractivity contribution >= 4 is 23.5 Å². The number of carbonyl (C=O) groups is 1. The number of hydrogen-bond donors (Lipinski definition) is 0. The number of ether oxygens (including phenoxy) is 1. The summed E-state index contributed by atoms with van der Waals surface area (Å²) in [5, 5.41) is -0.562. The van der Waals surface area contributed by atoms with Crippen LogP contribution >= 0.6 is 11.6 Å². The molecular weight excluding hydrogens is 131 g/mol. The zero-order chi connectivity index (χ0) is 6.57. The van der Waals surface area contributed by atoms with Gasteiger partial charge < -0.3 is 4.74 Å². The maximum absolute atomic E-state index is 10.1. The first-order chi connectivity index (χ1) is 3.72. The predicted molar refractivity (Wildman–Crippen MR) is 27.1 cm³/mol. The molecule has 4 heteroatoms. The van der Waals surface area contributed by atoms with Crippen LogP contribution < -0.4 is 0 Å². The summed E-state index contributed by atoms with van der Waals surface area (Å²) >= 11 is 4.93. The van der Waals surface area contributed by atoms with Crippen LogP contribution in [0.5, 0.6) is 0 Å². The molecule has 0 bridgehead atoms. The van der Waals surface area contributed by atoms with Gasteiger partial charge in [0.25, 0.3) is 0 Å². The Morgan fingerprint density at radius 3 is 2.38 bits per heavy atom. The van der Waals surface area contributed by atoms with Crippen molar-refractivity contribution in [2.75, 3.05) is 7.11 Å². The molecule has 0 saturated heterocycles. The lowest BCUT2D eigenvalue weighted by Crippen LogP contribution is -1.99. The Hall–Kier alpha value is -0.790. The molecule has 8 heavy (non-hydrogen) atoms. The summed E-state index contributed by atoms with van der Waals surface area (Å²) < 4.78 is 4.03. The number of esters is 1. The fraction of sp³-hybridized carbons (Fsp3) is 0.250. The van der Waals surface area contributed by atoms with Crippen LogP contribution in [-0.4, -0.2) is 19.0 Å². The average Bonchev–Trinajstić information content (AvgIpc) is 1.84. The third kappa shape index (κ3) is 1.78. The van der Waals surface area contributed by atoms with Gasteiger partial charge in [-0.05, 0) is 0 Å². The number of carbonyl (C=O) groups excluding carboxylic acids is 2. The highest BCUT2D eigenvalue weighted by atomic mass is 35.5. The van der Waals surface area contributed by atoms with Gasteiger partial charge in [0.1, 0.15) is 0 Å². The Labute approximate surface area is 50.9 Å². The molecule has 0 atom stereocenters. The quantitative estimate of drug-likeness (QED) is 0.291. The molecule has 44 valence electrons. The minimum atomic E-state index is -0.860. The Morgan fingerprint density at radius 1 is 1.75 bits per heavy atom. The lowest BCUT2D eigenvalue weighted by Gasteiger charge is -1.87. The molecule has 0 aromatic carbocycles. The average molecular weight is 135 g/mol. The molecule has 0 spiro atoms. The van der Waals surface area contributed by atoms with Crippen LogP contribution in [0.1, 0.15) is 0 Å². The van der Waals surface area contributed by atoms with E-state index in [1.54, 1.807) is 0 Å². The van der Waals surface area contributed by atoms with E-state index in [9.17, 15) is 9.59 Å². The zero-order valence-corrected chi connectivity index (χ0v) is 4.86. The van der Waals surface area contributed by atoms with Gasteiger partial charge in [-0.1, -0.05) is 11.6 Å². The first-order valence-electron chi connectivity index (χ1n) is 1.71. The predicted octanol–water partition coefficient (Wildman–Crippen LogP) is 0.114. The van der Waals surface area contributed by atoms with Crippen molar-refractivity contribution in [1.29, 1.82) is 0 Å².